The van der Waals surface area contributed by atoms with Crippen molar-refractivity contribution in [2.45, 2.75) is 56.7 Å². The minimum absolute atomic E-state index is 0.0734. The zero-order valence-corrected chi connectivity index (χ0v) is 25.4. The smallest absolute Gasteiger partial charge is 0.261 e. The topological polar surface area (TPSA) is 55.8 Å². The Labute approximate surface area is 239 Å². The second-order valence-corrected chi connectivity index (χ2v) is 16.8. The Morgan fingerprint density at radius 2 is 1.62 bits per heavy atom. The van der Waals surface area contributed by atoms with Gasteiger partial charge in [0.05, 0.1) is 24.1 Å². The van der Waals surface area contributed by atoms with Gasteiger partial charge in [-0.05, 0) is 61.4 Å². The first kappa shape index (κ1) is 26.7. The van der Waals surface area contributed by atoms with Gasteiger partial charge in [-0.2, -0.15) is 5.26 Å². The summed E-state index contributed by atoms with van der Waals surface area (Å²) in [6, 6.07) is 30.4. The van der Waals surface area contributed by atoms with Gasteiger partial charge in [0.15, 0.2) is 0 Å². The average Bonchev–Trinajstić information content (AvgIpc) is 3.58. The maximum atomic E-state index is 9.89. The maximum Gasteiger partial charge on any atom is 0.261 e. The highest BCUT2D eigenvalue weighted by molar-refractivity contribution is 7.14. The summed E-state index contributed by atoms with van der Waals surface area (Å²) in [5.74, 6) is 0. The van der Waals surface area contributed by atoms with Crippen LogP contribution in [0.4, 0.5) is 0 Å². The lowest BCUT2D eigenvalue weighted by Crippen LogP contribution is -2.69. The van der Waals surface area contributed by atoms with Crippen LogP contribution in [0.3, 0.4) is 0 Å². The average molecular weight is 563 g/mol. The van der Waals surface area contributed by atoms with E-state index in [9.17, 15) is 5.26 Å². The van der Waals surface area contributed by atoms with Gasteiger partial charge in [0.25, 0.3) is 8.32 Å². The lowest BCUT2D eigenvalue weighted by molar-refractivity contribution is -0.00877. The van der Waals surface area contributed by atoms with E-state index in [0.717, 1.165) is 35.0 Å². The van der Waals surface area contributed by atoms with Crippen LogP contribution in [0.5, 0.6) is 0 Å². The predicted molar refractivity (Wildman–Crippen MR) is 168 cm³/mol. The summed E-state index contributed by atoms with van der Waals surface area (Å²) < 4.78 is 11.6. The summed E-state index contributed by atoms with van der Waals surface area (Å²) in [5, 5.41) is 13.5. The zero-order chi connectivity index (χ0) is 28.0. The van der Waals surface area contributed by atoms with Crippen LogP contribution in [0.15, 0.2) is 104 Å². The molecule has 40 heavy (non-hydrogen) atoms. The van der Waals surface area contributed by atoms with E-state index in [-0.39, 0.29) is 16.7 Å². The van der Waals surface area contributed by atoms with E-state index in [2.05, 4.69) is 137 Å². The molecule has 1 aliphatic rings. The molecule has 1 atom stereocenters. The summed E-state index contributed by atoms with van der Waals surface area (Å²) in [7, 11) is 0.0444. The molecule has 1 aliphatic carbocycles. The van der Waals surface area contributed by atoms with E-state index in [1.165, 1.54) is 10.4 Å². The molecule has 0 spiro atoms. The molecule has 1 unspecified atom stereocenters. The molecule has 1 fully saturated rings. The molecule has 5 aromatic rings. The quantitative estimate of drug-likeness (QED) is 0.168. The first-order valence-electron chi connectivity index (χ1n) is 13.8. The summed E-state index contributed by atoms with van der Waals surface area (Å²) in [4.78, 5) is 4.53. The van der Waals surface area contributed by atoms with E-state index in [1.807, 2.05) is 16.7 Å². The first-order chi connectivity index (χ1) is 19.3. The van der Waals surface area contributed by atoms with E-state index >= 15 is 0 Å². The number of nitriles is 1. The molecule has 3 aromatic heterocycles. The number of aromatic nitrogens is 3. The van der Waals surface area contributed by atoms with Crippen molar-refractivity contribution in [1.29, 1.82) is 5.26 Å². The van der Waals surface area contributed by atoms with Gasteiger partial charge < -0.3 is 13.3 Å². The molecular formula is C33H35N4OPSi. The minimum atomic E-state index is -2.65. The van der Waals surface area contributed by atoms with Crippen molar-refractivity contribution in [3.05, 3.63) is 104 Å². The SMILES string of the molecule is CC(C)(C)[Si](OC1CC(CC#N)(n2ccc(-c3ccnc4c3ccn4P)c2)C1)(c1ccccc1)c1ccccc1. The molecule has 6 rings (SSSR count). The number of benzene rings is 2. The van der Waals surface area contributed by atoms with Crippen molar-refractivity contribution < 1.29 is 4.43 Å². The second kappa shape index (κ2) is 10.2. The van der Waals surface area contributed by atoms with Gasteiger partial charge in [0, 0.05) is 35.7 Å². The fourth-order valence-electron chi connectivity index (χ4n) is 6.57. The summed E-state index contributed by atoms with van der Waals surface area (Å²) >= 11 is 0. The van der Waals surface area contributed by atoms with Crippen LogP contribution in [0.25, 0.3) is 22.2 Å². The Morgan fingerprint density at radius 1 is 0.975 bits per heavy atom. The number of hydrogen-bond acceptors (Lipinski definition) is 3. The lowest BCUT2D eigenvalue weighted by Gasteiger charge is -2.53. The number of pyridine rings is 1. The third kappa shape index (κ3) is 4.34. The van der Waals surface area contributed by atoms with Crippen molar-refractivity contribution in [3.63, 3.8) is 0 Å². The van der Waals surface area contributed by atoms with Crippen LogP contribution in [0.1, 0.15) is 40.0 Å². The van der Waals surface area contributed by atoms with Gasteiger partial charge in [-0.1, -0.05) is 81.4 Å². The molecule has 202 valence electrons. The van der Waals surface area contributed by atoms with E-state index in [1.54, 1.807) is 0 Å². The Bertz CT molecular complexity index is 1640. The number of fused-ring (bicyclic) bond motifs is 1. The maximum absolute atomic E-state index is 9.89. The highest BCUT2D eigenvalue weighted by atomic mass is 31.0. The normalized spacial score (nSPS) is 19.3. The number of rotatable bonds is 7. The molecule has 0 radical (unpaired) electrons. The largest absolute Gasteiger partial charge is 0.404 e. The van der Waals surface area contributed by atoms with Gasteiger partial charge in [0.1, 0.15) is 5.65 Å². The first-order valence-corrected chi connectivity index (χ1v) is 16.3. The highest BCUT2D eigenvalue weighted by Crippen LogP contribution is 2.48. The standard InChI is InChI=1S/C33H35N4OPSi/c1-32(2,3)40(27-10-6-4-7-11-27,28-12-8-5-9-13-28)38-26-22-33(23-26,17-18-34)36-20-15-25(24-36)29-14-19-35-31-30(29)16-21-37(31)39/h4-16,19-21,24,26H,17,22-23,39H2,1-3H3. The lowest BCUT2D eigenvalue weighted by atomic mass is 9.72. The molecule has 0 saturated heterocycles. The molecule has 1 saturated carbocycles. The molecule has 0 amide bonds. The third-order valence-corrected chi connectivity index (χ3v) is 14.1. The van der Waals surface area contributed by atoms with Crippen LogP contribution < -0.4 is 10.4 Å². The van der Waals surface area contributed by atoms with E-state index in [4.69, 9.17) is 4.43 Å². The number of hydrogen-bond donors (Lipinski definition) is 0. The zero-order valence-electron chi connectivity index (χ0n) is 23.3. The van der Waals surface area contributed by atoms with Gasteiger partial charge in [-0.25, -0.2) is 4.98 Å². The van der Waals surface area contributed by atoms with E-state index < -0.39 is 8.32 Å². The Morgan fingerprint density at radius 3 is 2.23 bits per heavy atom. The van der Waals surface area contributed by atoms with Crippen LogP contribution in [0.2, 0.25) is 5.04 Å². The minimum Gasteiger partial charge on any atom is -0.404 e. The van der Waals surface area contributed by atoms with Gasteiger partial charge in [-0.15, -0.1) is 0 Å². The Kier molecular flexibility index (Phi) is 6.79. The Balaban J connectivity index is 1.34. The van der Waals surface area contributed by atoms with Crippen LogP contribution >= 0.6 is 9.39 Å². The fourth-order valence-corrected chi connectivity index (χ4v) is 11.5. The summed E-state index contributed by atoms with van der Waals surface area (Å²) in [6.07, 6.45) is 10.4. The van der Waals surface area contributed by atoms with Crippen molar-refractivity contribution in [3.8, 4) is 17.2 Å². The van der Waals surface area contributed by atoms with Crippen LogP contribution in [0, 0.1) is 11.3 Å². The summed E-state index contributed by atoms with van der Waals surface area (Å²) in [5.41, 5.74) is 2.94. The van der Waals surface area contributed by atoms with Gasteiger partial charge >= 0.3 is 0 Å². The molecule has 0 aliphatic heterocycles. The fraction of sp³-hybridized carbons (Fsp3) is 0.273. The second-order valence-electron chi connectivity index (χ2n) is 12.0. The molecule has 5 nitrogen and oxygen atoms in total. The van der Waals surface area contributed by atoms with Crippen LogP contribution in [-0.4, -0.2) is 28.3 Å². The molecule has 7 heteroatoms. The highest BCUT2D eigenvalue weighted by Gasteiger charge is 2.55. The van der Waals surface area contributed by atoms with Crippen LogP contribution in [-0.2, 0) is 9.96 Å². The Hall–Kier alpha value is -3.49. The molecule has 0 bridgehead atoms. The number of nitrogens with zero attached hydrogens (tertiary/aromatic N) is 4. The molecule has 2 aromatic carbocycles. The molecule has 0 N–H and O–H groups in total. The van der Waals surface area contributed by atoms with Gasteiger partial charge in [0.2, 0.25) is 0 Å². The van der Waals surface area contributed by atoms with Crippen molar-refractivity contribution in [1.82, 2.24) is 13.9 Å². The summed E-state index contributed by atoms with van der Waals surface area (Å²) in [6.45, 7) is 6.95. The third-order valence-electron chi connectivity index (χ3n) is 8.55. The van der Waals surface area contributed by atoms with Gasteiger partial charge in [-0.3, -0.25) is 0 Å². The van der Waals surface area contributed by atoms with Crippen molar-refractivity contribution >= 4 is 39.1 Å². The molecule has 3 heterocycles. The van der Waals surface area contributed by atoms with Crippen molar-refractivity contribution in [2.24, 2.45) is 0 Å². The monoisotopic (exact) mass is 562 g/mol. The molecular weight excluding hydrogens is 527 g/mol. The van der Waals surface area contributed by atoms with Crippen molar-refractivity contribution in [2.75, 3.05) is 0 Å². The predicted octanol–water partition coefficient (Wildman–Crippen LogP) is 6.49. The van der Waals surface area contributed by atoms with E-state index in [0.29, 0.717) is 6.42 Å².